The van der Waals surface area contributed by atoms with Crippen molar-refractivity contribution in [3.63, 3.8) is 0 Å². The number of rotatable bonds is 0. The van der Waals surface area contributed by atoms with Gasteiger partial charge in [0.25, 0.3) is 0 Å². The normalized spacial score (nSPS) is 14.1. The number of para-hydroxylation sites is 2. The third kappa shape index (κ3) is 2.19. The van der Waals surface area contributed by atoms with Crippen molar-refractivity contribution in [3.8, 4) is 0 Å². The number of nitrogens with zero attached hydrogens (tertiary/aromatic N) is 2. The van der Waals surface area contributed by atoms with E-state index in [1.807, 2.05) is 0 Å². The van der Waals surface area contributed by atoms with E-state index in [0.29, 0.717) is 0 Å². The fraction of sp³-hybridized carbons (Fsp3) is 0.143. The Kier molecular flexibility index (Phi) is 3.25. The second-order valence-corrected chi connectivity index (χ2v) is 8.54. The summed E-state index contributed by atoms with van der Waals surface area (Å²) in [5.74, 6) is 0. The quantitative estimate of drug-likeness (QED) is 0.275. The minimum absolute atomic E-state index is 0.957. The molecule has 0 radical (unpaired) electrons. The molecule has 0 saturated heterocycles. The molecular weight excluding hydrogens is 364 g/mol. The number of benzene rings is 4. The van der Waals surface area contributed by atoms with E-state index < -0.39 is 0 Å². The Hall–Kier alpha value is -3.52. The zero-order chi connectivity index (χ0) is 19.7. The minimum Gasteiger partial charge on any atom is -0.339 e. The molecule has 30 heavy (non-hydrogen) atoms. The molecular formula is C28H22N2. The van der Waals surface area contributed by atoms with Crippen LogP contribution in [0.15, 0.2) is 84.9 Å². The van der Waals surface area contributed by atoms with E-state index in [1.54, 1.807) is 0 Å². The molecule has 144 valence electrons. The Labute approximate surface area is 175 Å². The van der Waals surface area contributed by atoms with Gasteiger partial charge in [0.15, 0.2) is 0 Å². The molecule has 10 rings (SSSR count). The van der Waals surface area contributed by atoms with Crippen LogP contribution in [0.1, 0.15) is 11.1 Å². The largest absolute Gasteiger partial charge is 0.339 e. The van der Waals surface area contributed by atoms with Crippen molar-refractivity contribution in [3.05, 3.63) is 96.1 Å². The predicted octanol–water partition coefficient (Wildman–Crippen LogP) is 6.70. The van der Waals surface area contributed by atoms with Crippen molar-refractivity contribution < 1.29 is 0 Å². The molecule has 8 bridgehead atoms. The van der Waals surface area contributed by atoms with E-state index in [9.17, 15) is 0 Å². The standard InChI is InChI=1S/C28H22N2/c1-3-7-25-21(5-1)23-17-19-9-10-20-12-14-28-24(18-20)22-6-2-4-8-26(22)30(28)16-15-29(25)27(23)13-11-19/h1-8,11-14,17-18H,9-10,15-16H2. The Morgan fingerprint density at radius 2 is 0.867 bits per heavy atom. The lowest BCUT2D eigenvalue weighted by atomic mass is 10.0. The Balaban J connectivity index is 1.55. The van der Waals surface area contributed by atoms with Gasteiger partial charge in [-0.2, -0.15) is 0 Å². The Morgan fingerprint density at radius 1 is 0.433 bits per heavy atom. The molecule has 4 aliphatic rings. The average Bonchev–Trinajstić information content (AvgIpc) is 3.28. The second kappa shape index (κ2) is 5.99. The zero-order valence-corrected chi connectivity index (χ0v) is 16.8. The van der Waals surface area contributed by atoms with Crippen molar-refractivity contribution >= 4 is 43.6 Å². The molecule has 6 aromatic rings. The SMILES string of the molecule is c1ccc2c(c1)c1cc3ccc1n2CCn1c2ccccc2c2cc(ccc21)CC3. The molecule has 4 aliphatic heterocycles. The maximum atomic E-state index is 2.51. The second-order valence-electron chi connectivity index (χ2n) is 8.54. The molecule has 4 aromatic carbocycles. The molecule has 0 fully saturated rings. The summed E-state index contributed by atoms with van der Waals surface area (Å²) in [6.07, 6.45) is 2.14. The van der Waals surface area contributed by atoms with Crippen molar-refractivity contribution in [1.29, 1.82) is 0 Å². The maximum Gasteiger partial charge on any atom is 0.0492 e. The summed E-state index contributed by atoms with van der Waals surface area (Å²) >= 11 is 0. The summed E-state index contributed by atoms with van der Waals surface area (Å²) in [7, 11) is 0. The van der Waals surface area contributed by atoms with E-state index in [4.69, 9.17) is 0 Å². The molecule has 2 heteroatoms. The summed E-state index contributed by atoms with van der Waals surface area (Å²) < 4.78 is 5.02. The highest BCUT2D eigenvalue weighted by Crippen LogP contribution is 2.33. The topological polar surface area (TPSA) is 9.86 Å². The molecule has 0 saturated carbocycles. The number of aryl methyl sites for hydroxylation is 4. The minimum atomic E-state index is 0.957. The van der Waals surface area contributed by atoms with Crippen LogP contribution in [0.3, 0.4) is 0 Å². The molecule has 0 N–H and O–H groups in total. The maximum absolute atomic E-state index is 2.51. The van der Waals surface area contributed by atoms with E-state index >= 15 is 0 Å². The van der Waals surface area contributed by atoms with Crippen LogP contribution >= 0.6 is 0 Å². The zero-order valence-electron chi connectivity index (χ0n) is 16.8. The van der Waals surface area contributed by atoms with E-state index in [-0.39, 0.29) is 0 Å². The van der Waals surface area contributed by atoms with Gasteiger partial charge in [0.05, 0.1) is 0 Å². The first kappa shape index (κ1) is 16.3. The van der Waals surface area contributed by atoms with Crippen LogP contribution in [0.2, 0.25) is 0 Å². The van der Waals surface area contributed by atoms with Crippen LogP contribution in [0.4, 0.5) is 0 Å². The molecule has 0 aliphatic carbocycles. The highest BCUT2D eigenvalue weighted by molar-refractivity contribution is 6.09. The average molecular weight is 386 g/mol. The van der Waals surface area contributed by atoms with Gasteiger partial charge in [0.2, 0.25) is 0 Å². The fourth-order valence-electron chi connectivity index (χ4n) is 5.48. The number of fused-ring (bicyclic) bond motifs is 2. The Morgan fingerprint density at radius 3 is 1.37 bits per heavy atom. The van der Waals surface area contributed by atoms with Gasteiger partial charge in [-0.3, -0.25) is 0 Å². The third-order valence-corrected chi connectivity index (χ3v) is 6.92. The lowest BCUT2D eigenvalue weighted by molar-refractivity contribution is 0.631. The summed E-state index contributed by atoms with van der Waals surface area (Å²) in [5, 5.41) is 5.51. The molecule has 2 aromatic heterocycles. The fourth-order valence-corrected chi connectivity index (χ4v) is 5.48. The predicted molar refractivity (Wildman–Crippen MR) is 126 cm³/mol. The number of aromatic nitrogens is 2. The van der Waals surface area contributed by atoms with Crippen LogP contribution in [0, 0.1) is 0 Å². The smallest absolute Gasteiger partial charge is 0.0492 e. The van der Waals surface area contributed by atoms with Gasteiger partial charge in [-0.05, 0) is 60.4 Å². The van der Waals surface area contributed by atoms with Crippen molar-refractivity contribution in [2.75, 3.05) is 0 Å². The highest BCUT2D eigenvalue weighted by Gasteiger charge is 2.15. The summed E-state index contributed by atoms with van der Waals surface area (Å²) in [6, 6.07) is 31.9. The first-order valence-corrected chi connectivity index (χ1v) is 10.9. The van der Waals surface area contributed by atoms with Gasteiger partial charge in [0, 0.05) is 56.7 Å². The summed E-state index contributed by atoms with van der Waals surface area (Å²) in [4.78, 5) is 0. The van der Waals surface area contributed by atoms with Gasteiger partial charge in [0.1, 0.15) is 0 Å². The van der Waals surface area contributed by atoms with Gasteiger partial charge in [-0.15, -0.1) is 0 Å². The molecule has 0 unspecified atom stereocenters. The van der Waals surface area contributed by atoms with Crippen LogP contribution in [0.5, 0.6) is 0 Å². The van der Waals surface area contributed by atoms with Gasteiger partial charge < -0.3 is 9.13 Å². The molecule has 0 atom stereocenters. The lowest BCUT2D eigenvalue weighted by Crippen LogP contribution is -2.07. The van der Waals surface area contributed by atoms with E-state index in [2.05, 4.69) is 94.1 Å². The van der Waals surface area contributed by atoms with Crippen LogP contribution in [-0.2, 0) is 25.9 Å². The van der Waals surface area contributed by atoms with E-state index in [1.165, 1.54) is 54.7 Å². The van der Waals surface area contributed by atoms with Crippen LogP contribution in [-0.4, -0.2) is 9.13 Å². The van der Waals surface area contributed by atoms with Crippen molar-refractivity contribution in [2.24, 2.45) is 0 Å². The van der Waals surface area contributed by atoms with Crippen LogP contribution < -0.4 is 0 Å². The Bertz CT molecular complexity index is 1470. The third-order valence-electron chi connectivity index (χ3n) is 6.92. The summed E-state index contributed by atoms with van der Waals surface area (Å²) in [5.41, 5.74) is 8.20. The van der Waals surface area contributed by atoms with Crippen molar-refractivity contribution in [1.82, 2.24) is 9.13 Å². The van der Waals surface area contributed by atoms with Gasteiger partial charge in [-0.1, -0.05) is 48.5 Å². The van der Waals surface area contributed by atoms with Crippen LogP contribution in [0.25, 0.3) is 43.6 Å². The molecule has 2 nitrogen and oxygen atoms in total. The lowest BCUT2D eigenvalue weighted by Gasteiger charge is -2.12. The molecule has 6 heterocycles. The monoisotopic (exact) mass is 386 g/mol. The summed E-state index contributed by atoms with van der Waals surface area (Å²) in [6.45, 7) is 1.91. The molecule has 0 amide bonds. The number of hydrogen-bond acceptors (Lipinski definition) is 0. The van der Waals surface area contributed by atoms with E-state index in [0.717, 1.165) is 25.9 Å². The van der Waals surface area contributed by atoms with Gasteiger partial charge >= 0.3 is 0 Å². The van der Waals surface area contributed by atoms with Gasteiger partial charge in [-0.25, -0.2) is 0 Å². The highest BCUT2D eigenvalue weighted by atomic mass is 15.1. The van der Waals surface area contributed by atoms with Crippen molar-refractivity contribution in [2.45, 2.75) is 25.9 Å². The first-order chi connectivity index (χ1) is 14.9. The first-order valence-electron chi connectivity index (χ1n) is 10.9. The number of hydrogen-bond donors (Lipinski definition) is 0. The molecule has 0 spiro atoms.